The summed E-state index contributed by atoms with van der Waals surface area (Å²) in [7, 11) is 2.22. The number of nitrogens with one attached hydrogen (secondary N) is 1. The van der Waals surface area contributed by atoms with Crippen LogP contribution in [0, 0.1) is 5.92 Å². The van der Waals surface area contributed by atoms with Gasteiger partial charge in [-0.1, -0.05) is 0 Å². The molecule has 100 valence electrons. The van der Waals surface area contributed by atoms with Crippen LogP contribution in [0.1, 0.15) is 43.8 Å². The fourth-order valence-electron chi connectivity index (χ4n) is 2.55. The Balaban J connectivity index is 1.38. The Morgan fingerprint density at radius 1 is 1.28 bits per heavy atom. The summed E-state index contributed by atoms with van der Waals surface area (Å²) in [6, 6.07) is 0. The van der Waals surface area contributed by atoms with Crippen LogP contribution in [0.2, 0.25) is 0 Å². The quantitative estimate of drug-likeness (QED) is 0.889. The Morgan fingerprint density at radius 3 is 2.78 bits per heavy atom. The maximum Gasteiger partial charge on any atom is 0.202 e. The average Bonchev–Trinajstić information content (AvgIpc) is 3.12. The van der Waals surface area contributed by atoms with Crippen LogP contribution in [0.3, 0.4) is 0 Å². The molecule has 2 heterocycles. The highest BCUT2D eigenvalue weighted by molar-refractivity contribution is 7.09. The largest absolute Gasteiger partial charge is 0.360 e. The van der Waals surface area contributed by atoms with E-state index in [2.05, 4.69) is 26.6 Å². The second-order valence-electron chi connectivity index (χ2n) is 5.69. The van der Waals surface area contributed by atoms with Crippen LogP contribution in [0.5, 0.6) is 0 Å². The monoisotopic (exact) mass is 266 g/mol. The Hall–Kier alpha value is -0.680. The summed E-state index contributed by atoms with van der Waals surface area (Å²) in [5.41, 5.74) is 0. The molecule has 0 bridgehead atoms. The van der Waals surface area contributed by atoms with Crippen molar-refractivity contribution in [1.29, 1.82) is 0 Å². The number of hydrogen-bond donors (Lipinski definition) is 1. The van der Waals surface area contributed by atoms with Gasteiger partial charge < -0.3 is 10.2 Å². The van der Waals surface area contributed by atoms with E-state index in [-0.39, 0.29) is 0 Å². The Bertz CT molecular complexity index is 380. The van der Waals surface area contributed by atoms with E-state index in [1.54, 1.807) is 0 Å². The van der Waals surface area contributed by atoms with E-state index >= 15 is 0 Å². The zero-order valence-corrected chi connectivity index (χ0v) is 11.9. The summed E-state index contributed by atoms with van der Waals surface area (Å²) < 4.78 is 4.41. The van der Waals surface area contributed by atoms with Gasteiger partial charge in [-0.15, -0.1) is 0 Å². The molecule has 1 aromatic heterocycles. The van der Waals surface area contributed by atoms with E-state index in [1.807, 2.05) is 0 Å². The molecule has 0 aromatic carbocycles. The molecule has 4 nitrogen and oxygen atoms in total. The standard InChI is InChI=1S/C13H22N4S/c1-17-8-5-10(6-9-17)4-7-14-13-15-12(16-18-13)11-2-3-11/h10-11H,2-9H2,1H3,(H,14,15,16). The van der Waals surface area contributed by atoms with E-state index in [0.717, 1.165) is 23.4 Å². The van der Waals surface area contributed by atoms with Crippen molar-refractivity contribution in [1.82, 2.24) is 14.3 Å². The van der Waals surface area contributed by atoms with Crippen LogP contribution in [0.4, 0.5) is 5.13 Å². The predicted molar refractivity (Wildman–Crippen MR) is 75.2 cm³/mol. The van der Waals surface area contributed by atoms with Crippen LogP contribution in [0.15, 0.2) is 0 Å². The summed E-state index contributed by atoms with van der Waals surface area (Å²) in [6.45, 7) is 3.57. The number of rotatable bonds is 5. The number of piperidine rings is 1. The molecule has 0 amide bonds. The van der Waals surface area contributed by atoms with Gasteiger partial charge in [-0.3, -0.25) is 0 Å². The fourth-order valence-corrected chi connectivity index (χ4v) is 3.22. The lowest BCUT2D eigenvalue weighted by Gasteiger charge is -2.28. The first-order chi connectivity index (χ1) is 8.81. The SMILES string of the molecule is CN1CCC(CCNc2nc(C3CC3)ns2)CC1. The van der Waals surface area contributed by atoms with Crippen molar-refractivity contribution < 1.29 is 0 Å². The highest BCUT2D eigenvalue weighted by atomic mass is 32.1. The van der Waals surface area contributed by atoms with Gasteiger partial charge in [-0.2, -0.15) is 4.37 Å². The second-order valence-corrected chi connectivity index (χ2v) is 6.45. The van der Waals surface area contributed by atoms with Crippen LogP contribution in [0.25, 0.3) is 0 Å². The van der Waals surface area contributed by atoms with Gasteiger partial charge in [0.25, 0.3) is 0 Å². The van der Waals surface area contributed by atoms with Crippen molar-refractivity contribution in [3.05, 3.63) is 5.82 Å². The maximum atomic E-state index is 4.56. The van der Waals surface area contributed by atoms with Gasteiger partial charge in [0, 0.05) is 24.0 Å². The van der Waals surface area contributed by atoms with E-state index < -0.39 is 0 Å². The molecular weight excluding hydrogens is 244 g/mol. The third kappa shape index (κ3) is 3.20. The number of aromatic nitrogens is 2. The third-order valence-electron chi connectivity index (χ3n) is 4.05. The number of hydrogen-bond acceptors (Lipinski definition) is 5. The molecule has 2 fully saturated rings. The Kier molecular flexibility index (Phi) is 3.80. The van der Waals surface area contributed by atoms with E-state index in [0.29, 0.717) is 5.92 Å². The number of nitrogens with zero attached hydrogens (tertiary/aromatic N) is 3. The summed E-state index contributed by atoms with van der Waals surface area (Å²) in [4.78, 5) is 6.98. The van der Waals surface area contributed by atoms with Crippen molar-refractivity contribution >= 4 is 16.7 Å². The lowest BCUT2D eigenvalue weighted by molar-refractivity contribution is 0.215. The minimum Gasteiger partial charge on any atom is -0.360 e. The van der Waals surface area contributed by atoms with Gasteiger partial charge in [0.05, 0.1) is 0 Å². The van der Waals surface area contributed by atoms with Crippen molar-refractivity contribution in [2.24, 2.45) is 5.92 Å². The van der Waals surface area contributed by atoms with Gasteiger partial charge in [0.15, 0.2) is 0 Å². The summed E-state index contributed by atoms with van der Waals surface area (Å²) in [5.74, 6) is 2.64. The van der Waals surface area contributed by atoms with Gasteiger partial charge in [-0.05, 0) is 58.2 Å². The molecule has 1 saturated carbocycles. The number of likely N-dealkylation sites (tertiary alicyclic amines) is 1. The minimum atomic E-state index is 0.672. The fraction of sp³-hybridized carbons (Fsp3) is 0.846. The highest BCUT2D eigenvalue weighted by Gasteiger charge is 2.27. The first-order valence-electron chi connectivity index (χ1n) is 7.07. The summed E-state index contributed by atoms with van der Waals surface area (Å²) >= 11 is 1.52. The summed E-state index contributed by atoms with van der Waals surface area (Å²) in [6.07, 6.45) is 6.53. The number of anilines is 1. The Labute approximate surface area is 113 Å². The molecule has 1 aliphatic carbocycles. The van der Waals surface area contributed by atoms with Gasteiger partial charge in [0.1, 0.15) is 5.82 Å². The Morgan fingerprint density at radius 2 is 2.06 bits per heavy atom. The minimum absolute atomic E-state index is 0.672. The topological polar surface area (TPSA) is 41.0 Å². The molecule has 0 atom stereocenters. The molecule has 18 heavy (non-hydrogen) atoms. The highest BCUT2D eigenvalue weighted by Crippen LogP contribution is 2.39. The zero-order chi connectivity index (χ0) is 12.4. The third-order valence-corrected chi connectivity index (χ3v) is 4.74. The molecule has 0 spiro atoms. The molecule has 1 N–H and O–H groups in total. The summed E-state index contributed by atoms with van der Waals surface area (Å²) in [5, 5.41) is 4.46. The zero-order valence-electron chi connectivity index (χ0n) is 11.1. The van der Waals surface area contributed by atoms with Gasteiger partial charge >= 0.3 is 0 Å². The lowest BCUT2D eigenvalue weighted by Crippen LogP contribution is -2.30. The van der Waals surface area contributed by atoms with Crippen LogP contribution >= 0.6 is 11.5 Å². The van der Waals surface area contributed by atoms with Crippen LogP contribution < -0.4 is 5.32 Å². The first kappa shape index (κ1) is 12.4. The molecule has 3 rings (SSSR count). The molecule has 1 aromatic rings. The molecule has 1 saturated heterocycles. The smallest absolute Gasteiger partial charge is 0.202 e. The van der Waals surface area contributed by atoms with E-state index in [1.165, 1.54) is 56.7 Å². The maximum absolute atomic E-state index is 4.56. The molecule has 1 aliphatic heterocycles. The van der Waals surface area contributed by atoms with Crippen LogP contribution in [-0.2, 0) is 0 Å². The second kappa shape index (κ2) is 5.53. The van der Waals surface area contributed by atoms with Crippen molar-refractivity contribution in [2.45, 2.75) is 38.0 Å². The van der Waals surface area contributed by atoms with Crippen molar-refractivity contribution in [3.63, 3.8) is 0 Å². The predicted octanol–water partition coefficient (Wildman–Crippen LogP) is 2.56. The molecule has 0 unspecified atom stereocenters. The normalized spacial score (nSPS) is 22.3. The van der Waals surface area contributed by atoms with E-state index in [4.69, 9.17) is 0 Å². The molecular formula is C13H22N4S. The molecule has 5 heteroatoms. The molecule has 0 radical (unpaired) electrons. The average molecular weight is 266 g/mol. The van der Waals surface area contributed by atoms with Gasteiger partial charge in [-0.25, -0.2) is 4.98 Å². The van der Waals surface area contributed by atoms with Crippen LogP contribution in [-0.4, -0.2) is 40.9 Å². The lowest BCUT2D eigenvalue weighted by atomic mass is 9.94. The van der Waals surface area contributed by atoms with Gasteiger partial charge in [0.2, 0.25) is 5.13 Å². The molecule has 2 aliphatic rings. The first-order valence-corrected chi connectivity index (χ1v) is 7.84. The van der Waals surface area contributed by atoms with Crippen molar-refractivity contribution in [3.8, 4) is 0 Å². The van der Waals surface area contributed by atoms with E-state index in [9.17, 15) is 0 Å². The van der Waals surface area contributed by atoms with Crippen molar-refractivity contribution in [2.75, 3.05) is 32.0 Å².